The summed E-state index contributed by atoms with van der Waals surface area (Å²) in [4.78, 5) is 12.6. The minimum atomic E-state index is -0.402. The van der Waals surface area contributed by atoms with Crippen LogP contribution in [0.2, 0.25) is 0 Å². The number of ketones is 1. The molecule has 2 atom stereocenters. The molecule has 3 heteroatoms. The van der Waals surface area contributed by atoms with Crippen LogP contribution >= 0.6 is 0 Å². The molecule has 2 aliphatic heterocycles. The zero-order chi connectivity index (χ0) is 17.1. The van der Waals surface area contributed by atoms with Gasteiger partial charge in [-0.05, 0) is 30.4 Å². The van der Waals surface area contributed by atoms with Crippen LogP contribution in [0.4, 0.5) is 0 Å². The van der Waals surface area contributed by atoms with Crippen molar-refractivity contribution in [2.75, 3.05) is 6.61 Å². The highest BCUT2D eigenvalue weighted by molar-refractivity contribution is 5.96. The van der Waals surface area contributed by atoms with Gasteiger partial charge in [0.15, 0.2) is 11.6 Å². The molecule has 2 fully saturated rings. The van der Waals surface area contributed by atoms with Crippen LogP contribution < -0.4 is 0 Å². The molecule has 2 aromatic carbocycles. The molecule has 0 unspecified atom stereocenters. The highest BCUT2D eigenvalue weighted by Crippen LogP contribution is 2.39. The number of carbonyl (C=O) groups excluding carboxylic acids is 1. The van der Waals surface area contributed by atoms with Gasteiger partial charge >= 0.3 is 0 Å². The van der Waals surface area contributed by atoms with Gasteiger partial charge in [-0.1, -0.05) is 54.6 Å². The van der Waals surface area contributed by atoms with Crippen molar-refractivity contribution in [1.29, 1.82) is 0 Å². The number of hydrogen-bond donors (Lipinski definition) is 0. The summed E-state index contributed by atoms with van der Waals surface area (Å²) in [5.74, 6) is -0.252. The van der Waals surface area contributed by atoms with E-state index in [2.05, 4.69) is 12.1 Å². The third kappa shape index (κ3) is 3.68. The number of benzene rings is 2. The van der Waals surface area contributed by atoms with Crippen LogP contribution in [0.1, 0.15) is 48.9 Å². The first-order valence-corrected chi connectivity index (χ1v) is 9.25. The summed E-state index contributed by atoms with van der Waals surface area (Å²) >= 11 is 0. The van der Waals surface area contributed by atoms with Gasteiger partial charge in [0.05, 0.1) is 12.7 Å². The monoisotopic (exact) mass is 336 g/mol. The van der Waals surface area contributed by atoms with Crippen molar-refractivity contribution in [2.45, 2.75) is 50.4 Å². The first-order chi connectivity index (χ1) is 12.2. The average molecular weight is 336 g/mol. The standard InChI is InChI=1S/C22H24O3/c23-21(16-20-12-14-22(25-20)13-4-5-15-24-22)19-10-8-18(9-11-19)17-6-2-1-3-7-17/h1-3,6-11,20H,4-5,12-16H2/t20-,22+/m1/s1. The Balaban J connectivity index is 1.38. The van der Waals surface area contributed by atoms with Crippen LogP contribution in [0.15, 0.2) is 54.6 Å². The van der Waals surface area contributed by atoms with Crippen LogP contribution in [0, 0.1) is 0 Å². The Labute approximate surface area is 149 Å². The highest BCUT2D eigenvalue weighted by Gasteiger charge is 2.42. The lowest BCUT2D eigenvalue weighted by Crippen LogP contribution is -2.36. The molecule has 0 saturated carbocycles. The molecule has 2 heterocycles. The molecule has 3 nitrogen and oxygen atoms in total. The van der Waals surface area contributed by atoms with Crippen LogP contribution in [0.25, 0.3) is 11.1 Å². The summed E-state index contributed by atoms with van der Waals surface area (Å²) in [6.45, 7) is 0.779. The molecule has 0 amide bonds. The molecule has 2 aliphatic rings. The zero-order valence-electron chi connectivity index (χ0n) is 14.4. The maximum Gasteiger partial charge on any atom is 0.168 e. The lowest BCUT2D eigenvalue weighted by molar-refractivity contribution is -0.244. The fraction of sp³-hybridized carbons (Fsp3) is 0.409. The zero-order valence-corrected chi connectivity index (χ0v) is 14.4. The third-order valence-electron chi connectivity index (χ3n) is 5.27. The van der Waals surface area contributed by atoms with E-state index in [9.17, 15) is 4.79 Å². The molecule has 4 rings (SSSR count). The predicted molar refractivity (Wildman–Crippen MR) is 97.5 cm³/mol. The van der Waals surface area contributed by atoms with Crippen molar-refractivity contribution in [3.63, 3.8) is 0 Å². The van der Waals surface area contributed by atoms with Crippen LogP contribution in [0.5, 0.6) is 0 Å². The molecule has 0 aliphatic carbocycles. The van der Waals surface area contributed by atoms with E-state index >= 15 is 0 Å². The lowest BCUT2D eigenvalue weighted by atomic mass is 9.99. The molecule has 2 saturated heterocycles. The summed E-state index contributed by atoms with van der Waals surface area (Å²) in [6.07, 6.45) is 5.48. The van der Waals surface area contributed by atoms with Crippen molar-refractivity contribution < 1.29 is 14.3 Å². The fourth-order valence-electron chi connectivity index (χ4n) is 3.87. The Kier molecular flexibility index (Phi) is 4.69. The van der Waals surface area contributed by atoms with Crippen molar-refractivity contribution in [3.05, 3.63) is 60.2 Å². The second-order valence-electron chi connectivity index (χ2n) is 7.07. The Hall–Kier alpha value is -1.97. The molecule has 0 aromatic heterocycles. The van der Waals surface area contributed by atoms with E-state index < -0.39 is 5.79 Å². The normalized spacial score (nSPS) is 26.0. The number of hydrogen-bond acceptors (Lipinski definition) is 3. The number of ether oxygens (including phenoxy) is 2. The first kappa shape index (κ1) is 16.5. The molecular formula is C22H24O3. The smallest absolute Gasteiger partial charge is 0.168 e. The highest BCUT2D eigenvalue weighted by atomic mass is 16.7. The van der Waals surface area contributed by atoms with Crippen molar-refractivity contribution in [1.82, 2.24) is 0 Å². The molecule has 25 heavy (non-hydrogen) atoms. The summed E-state index contributed by atoms with van der Waals surface area (Å²) in [5.41, 5.74) is 3.05. The van der Waals surface area contributed by atoms with E-state index in [1.165, 1.54) is 0 Å². The van der Waals surface area contributed by atoms with Gasteiger partial charge < -0.3 is 9.47 Å². The van der Waals surface area contributed by atoms with Crippen LogP contribution in [-0.4, -0.2) is 24.3 Å². The number of Topliss-reactive ketones (excluding diaryl/α,β-unsaturated/α-hetero) is 1. The van der Waals surface area contributed by atoms with E-state index in [1.807, 2.05) is 42.5 Å². The quantitative estimate of drug-likeness (QED) is 0.737. The first-order valence-electron chi connectivity index (χ1n) is 9.25. The van der Waals surface area contributed by atoms with Gasteiger partial charge in [-0.3, -0.25) is 4.79 Å². The van der Waals surface area contributed by atoms with E-state index in [0.717, 1.165) is 55.4 Å². The summed E-state index contributed by atoms with van der Waals surface area (Å²) in [7, 11) is 0. The summed E-state index contributed by atoms with van der Waals surface area (Å²) in [5, 5.41) is 0. The van der Waals surface area contributed by atoms with E-state index in [4.69, 9.17) is 9.47 Å². The van der Waals surface area contributed by atoms with Crippen LogP contribution in [0.3, 0.4) is 0 Å². The third-order valence-corrected chi connectivity index (χ3v) is 5.27. The van der Waals surface area contributed by atoms with Crippen molar-refractivity contribution in [3.8, 4) is 11.1 Å². The maximum absolute atomic E-state index is 12.6. The fourth-order valence-corrected chi connectivity index (χ4v) is 3.87. The van der Waals surface area contributed by atoms with Gasteiger partial charge in [0, 0.05) is 24.8 Å². The maximum atomic E-state index is 12.6. The molecule has 130 valence electrons. The van der Waals surface area contributed by atoms with Crippen molar-refractivity contribution >= 4 is 5.78 Å². The van der Waals surface area contributed by atoms with E-state index in [-0.39, 0.29) is 11.9 Å². The minimum absolute atomic E-state index is 0.0144. The predicted octanol–water partition coefficient (Wildman–Crippen LogP) is 5.00. The molecule has 0 bridgehead atoms. The Morgan fingerprint density at radius 2 is 1.72 bits per heavy atom. The number of carbonyl (C=O) groups is 1. The second kappa shape index (κ2) is 7.11. The molecule has 0 N–H and O–H groups in total. The number of rotatable bonds is 4. The Bertz CT molecular complexity index is 715. The van der Waals surface area contributed by atoms with Gasteiger partial charge in [0.25, 0.3) is 0 Å². The summed E-state index contributed by atoms with van der Waals surface area (Å²) in [6, 6.07) is 18.1. The van der Waals surface area contributed by atoms with Gasteiger partial charge in [0.1, 0.15) is 0 Å². The SMILES string of the molecule is O=C(C[C@H]1CC[C@]2(CCCCO2)O1)c1ccc(-c2ccccc2)cc1. The molecular weight excluding hydrogens is 312 g/mol. The second-order valence-corrected chi connectivity index (χ2v) is 7.07. The topological polar surface area (TPSA) is 35.5 Å². The van der Waals surface area contributed by atoms with Crippen LogP contribution in [-0.2, 0) is 9.47 Å². The van der Waals surface area contributed by atoms with Gasteiger partial charge in [-0.15, -0.1) is 0 Å². The lowest BCUT2D eigenvalue weighted by Gasteiger charge is -2.33. The average Bonchev–Trinajstić information content (AvgIpc) is 3.05. The van der Waals surface area contributed by atoms with Crippen molar-refractivity contribution in [2.24, 2.45) is 0 Å². The molecule has 2 aromatic rings. The largest absolute Gasteiger partial charge is 0.350 e. The Morgan fingerprint density at radius 1 is 0.960 bits per heavy atom. The minimum Gasteiger partial charge on any atom is -0.350 e. The summed E-state index contributed by atoms with van der Waals surface area (Å²) < 4.78 is 12.0. The van der Waals surface area contributed by atoms with Gasteiger partial charge in [-0.25, -0.2) is 0 Å². The van der Waals surface area contributed by atoms with E-state index in [1.54, 1.807) is 0 Å². The molecule has 1 spiro atoms. The van der Waals surface area contributed by atoms with Gasteiger partial charge in [-0.2, -0.15) is 0 Å². The van der Waals surface area contributed by atoms with Gasteiger partial charge in [0.2, 0.25) is 0 Å². The molecule has 0 radical (unpaired) electrons. The van der Waals surface area contributed by atoms with E-state index in [0.29, 0.717) is 6.42 Å². The Morgan fingerprint density at radius 3 is 2.44 bits per heavy atom.